The minimum Gasteiger partial charge on any atom is -0.483 e. The number of aromatic nitrogens is 2. The Morgan fingerprint density at radius 3 is 1.76 bits per heavy atom. The molecule has 0 atom stereocenters. The Morgan fingerprint density at radius 2 is 1.10 bits per heavy atom. The van der Waals surface area contributed by atoms with Crippen molar-refractivity contribution in [2.45, 2.75) is 6.61 Å². The second kappa shape index (κ2) is 10.0. The molecule has 0 amide bonds. The summed E-state index contributed by atoms with van der Waals surface area (Å²) in [6, 6.07) is 57.2. The molecule has 6 aromatic carbocycles. The first-order valence-electron chi connectivity index (χ1n) is 14.3. The van der Waals surface area contributed by atoms with Crippen LogP contribution in [-0.4, -0.2) is 17.6 Å². The largest absolute Gasteiger partial charge is 0.483 e. The number of benzene rings is 6. The summed E-state index contributed by atoms with van der Waals surface area (Å²) >= 11 is 0. The van der Waals surface area contributed by atoms with E-state index in [0.29, 0.717) is 6.61 Å². The normalized spacial score (nSPS) is 12.4. The third kappa shape index (κ3) is 3.84. The van der Waals surface area contributed by atoms with Gasteiger partial charge in [-0.2, -0.15) is 0 Å². The van der Waals surface area contributed by atoms with Crippen molar-refractivity contribution in [1.82, 2.24) is 9.55 Å². The molecule has 1 aliphatic heterocycles. The lowest BCUT2D eigenvalue weighted by molar-refractivity contribution is 0.281. The maximum Gasteiger partial charge on any atom is 0.179 e. The molecule has 0 radical (unpaired) electrons. The molecule has 0 saturated heterocycles. The highest BCUT2D eigenvalue weighted by Gasteiger charge is 2.41. The zero-order chi connectivity index (χ0) is 27.9. The fourth-order valence-corrected chi connectivity index (χ4v) is 11.4. The number of para-hydroxylation sites is 2. The van der Waals surface area contributed by atoms with Crippen molar-refractivity contribution in [3.05, 3.63) is 164 Å². The van der Waals surface area contributed by atoms with Gasteiger partial charge in [-0.05, 0) is 56.1 Å². The van der Waals surface area contributed by atoms with Crippen molar-refractivity contribution in [3.8, 4) is 22.6 Å². The molecule has 0 spiro atoms. The van der Waals surface area contributed by atoms with Gasteiger partial charge < -0.3 is 4.74 Å². The van der Waals surface area contributed by atoms with Crippen molar-refractivity contribution in [3.63, 3.8) is 0 Å². The summed E-state index contributed by atoms with van der Waals surface area (Å²) < 4.78 is 8.39. The SMILES string of the molecule is c1ccc([Si](c2ccccc2)(c2ccccc2)c2cccc(-c3ccc4c(c3)-n3c(nc5ccccc53)CO4)c2)cc1. The fourth-order valence-electron chi connectivity index (χ4n) is 6.57. The van der Waals surface area contributed by atoms with Gasteiger partial charge in [-0.3, -0.25) is 4.57 Å². The highest BCUT2D eigenvalue weighted by molar-refractivity contribution is 7.19. The van der Waals surface area contributed by atoms with E-state index in [4.69, 9.17) is 9.72 Å². The number of hydrogen-bond acceptors (Lipinski definition) is 2. The van der Waals surface area contributed by atoms with Gasteiger partial charge >= 0.3 is 0 Å². The van der Waals surface area contributed by atoms with Gasteiger partial charge in [0.15, 0.2) is 13.9 Å². The Bertz CT molecular complexity index is 1940. The molecule has 0 aliphatic carbocycles. The highest BCUT2D eigenvalue weighted by Crippen LogP contribution is 2.36. The van der Waals surface area contributed by atoms with E-state index >= 15 is 0 Å². The smallest absolute Gasteiger partial charge is 0.179 e. The van der Waals surface area contributed by atoms with Crippen LogP contribution in [0.2, 0.25) is 0 Å². The number of rotatable bonds is 5. The third-order valence-corrected chi connectivity index (χ3v) is 13.2. The minimum absolute atomic E-state index is 0.468. The molecule has 0 fully saturated rings. The van der Waals surface area contributed by atoms with Gasteiger partial charge in [0.1, 0.15) is 12.4 Å². The lowest BCUT2D eigenvalue weighted by Crippen LogP contribution is -2.74. The van der Waals surface area contributed by atoms with E-state index in [2.05, 4.69) is 156 Å². The molecule has 0 unspecified atom stereocenters. The molecule has 0 N–H and O–H groups in total. The van der Waals surface area contributed by atoms with Crippen LogP contribution in [0.1, 0.15) is 5.82 Å². The van der Waals surface area contributed by atoms with Crippen molar-refractivity contribution >= 4 is 39.9 Å². The van der Waals surface area contributed by atoms with Crippen LogP contribution in [0.3, 0.4) is 0 Å². The van der Waals surface area contributed by atoms with Crippen LogP contribution >= 0.6 is 0 Å². The van der Waals surface area contributed by atoms with Crippen molar-refractivity contribution in [2.75, 3.05) is 0 Å². The van der Waals surface area contributed by atoms with Crippen LogP contribution < -0.4 is 25.5 Å². The second-order valence-corrected chi connectivity index (χ2v) is 14.6. The Labute approximate surface area is 246 Å². The zero-order valence-electron chi connectivity index (χ0n) is 23.0. The van der Waals surface area contributed by atoms with Crippen LogP contribution in [0.25, 0.3) is 27.8 Å². The first kappa shape index (κ1) is 24.6. The monoisotopic (exact) mass is 556 g/mol. The molecule has 2 heterocycles. The summed E-state index contributed by atoms with van der Waals surface area (Å²) in [7, 11) is -2.62. The quantitative estimate of drug-likeness (QED) is 0.193. The van der Waals surface area contributed by atoms with Gasteiger partial charge in [0, 0.05) is 0 Å². The Kier molecular flexibility index (Phi) is 5.87. The molecular weight excluding hydrogens is 529 g/mol. The maximum absolute atomic E-state index is 6.15. The summed E-state index contributed by atoms with van der Waals surface area (Å²) in [6.45, 7) is 0.468. The van der Waals surface area contributed by atoms with Crippen molar-refractivity contribution in [1.29, 1.82) is 0 Å². The van der Waals surface area contributed by atoms with Gasteiger partial charge in [-0.1, -0.05) is 133 Å². The standard InChI is InChI=1S/C38H28N2OSi/c1-4-14-30(15-5-1)42(31-16-6-2-7-17-31,32-18-8-3-9-19-32)33-20-12-13-28(25-33)29-23-24-37-36(26-29)40-35-22-11-10-21-34(35)39-38(40)27-41-37/h1-26H,27H2. The van der Waals surface area contributed by atoms with E-state index in [1.54, 1.807) is 0 Å². The molecule has 4 heteroatoms. The molecule has 1 aromatic heterocycles. The average Bonchev–Trinajstić information content (AvgIpc) is 3.46. The number of hydrogen-bond donors (Lipinski definition) is 0. The topological polar surface area (TPSA) is 27.1 Å². The summed E-state index contributed by atoms with van der Waals surface area (Å²) in [5, 5.41) is 5.46. The van der Waals surface area contributed by atoms with Gasteiger partial charge in [0.2, 0.25) is 0 Å². The predicted molar refractivity (Wildman–Crippen MR) is 174 cm³/mol. The Hall–Kier alpha value is -5.19. The van der Waals surface area contributed by atoms with E-state index in [-0.39, 0.29) is 0 Å². The summed E-state index contributed by atoms with van der Waals surface area (Å²) in [4.78, 5) is 4.85. The molecule has 8 rings (SSSR count). The molecule has 200 valence electrons. The van der Waals surface area contributed by atoms with Crippen LogP contribution in [0, 0.1) is 0 Å². The van der Waals surface area contributed by atoms with E-state index in [1.807, 2.05) is 6.07 Å². The molecule has 42 heavy (non-hydrogen) atoms. The average molecular weight is 557 g/mol. The van der Waals surface area contributed by atoms with Crippen LogP contribution in [0.5, 0.6) is 5.75 Å². The Balaban J connectivity index is 1.35. The summed E-state index contributed by atoms with van der Waals surface area (Å²) in [5.74, 6) is 1.81. The second-order valence-electron chi connectivity index (χ2n) is 10.8. The van der Waals surface area contributed by atoms with Crippen LogP contribution in [0.4, 0.5) is 0 Å². The first-order valence-corrected chi connectivity index (χ1v) is 16.3. The van der Waals surface area contributed by atoms with Crippen LogP contribution in [0.15, 0.2) is 158 Å². The zero-order valence-corrected chi connectivity index (χ0v) is 24.0. The minimum atomic E-state index is -2.62. The van der Waals surface area contributed by atoms with Gasteiger partial charge in [0.05, 0.1) is 16.7 Å². The van der Waals surface area contributed by atoms with Crippen LogP contribution in [-0.2, 0) is 6.61 Å². The van der Waals surface area contributed by atoms with E-state index in [9.17, 15) is 0 Å². The van der Waals surface area contributed by atoms with E-state index in [0.717, 1.165) is 33.9 Å². The van der Waals surface area contributed by atoms with Gasteiger partial charge in [0.25, 0.3) is 0 Å². The molecule has 7 aromatic rings. The lowest BCUT2D eigenvalue weighted by Gasteiger charge is -2.34. The summed E-state index contributed by atoms with van der Waals surface area (Å²) in [5.41, 5.74) is 5.46. The number of nitrogens with zero attached hydrogens (tertiary/aromatic N) is 2. The molecular formula is C38H28N2OSi. The fraction of sp³-hybridized carbons (Fsp3) is 0.0263. The lowest BCUT2D eigenvalue weighted by atomic mass is 10.0. The Morgan fingerprint density at radius 1 is 0.524 bits per heavy atom. The van der Waals surface area contributed by atoms with E-state index in [1.165, 1.54) is 26.3 Å². The summed E-state index contributed by atoms with van der Waals surface area (Å²) in [6.07, 6.45) is 0. The molecule has 1 aliphatic rings. The molecule has 3 nitrogen and oxygen atoms in total. The third-order valence-electron chi connectivity index (χ3n) is 8.44. The molecule has 0 bridgehead atoms. The van der Waals surface area contributed by atoms with Crippen molar-refractivity contribution in [2.24, 2.45) is 0 Å². The number of ether oxygens (including phenoxy) is 1. The number of fused-ring (bicyclic) bond motifs is 5. The van der Waals surface area contributed by atoms with E-state index < -0.39 is 8.07 Å². The molecule has 0 saturated carbocycles. The highest BCUT2D eigenvalue weighted by atomic mass is 28.3. The van der Waals surface area contributed by atoms with Crippen molar-refractivity contribution < 1.29 is 4.74 Å². The maximum atomic E-state index is 6.15. The van der Waals surface area contributed by atoms with Gasteiger partial charge in [-0.25, -0.2) is 4.98 Å². The predicted octanol–water partition coefficient (Wildman–Crippen LogP) is 5.96. The van der Waals surface area contributed by atoms with Gasteiger partial charge in [-0.15, -0.1) is 0 Å². The number of imidazole rings is 1. The first-order chi connectivity index (χ1) is 20.8.